The number of para-hydroxylation sites is 2. The van der Waals surface area contributed by atoms with Crippen molar-refractivity contribution in [3.05, 3.63) is 35.8 Å². The average Bonchev–Trinajstić information content (AvgIpc) is 3.26. The van der Waals surface area contributed by atoms with Gasteiger partial charge in [-0.25, -0.2) is 14.5 Å². The molecule has 27 heavy (non-hydrogen) atoms. The van der Waals surface area contributed by atoms with Crippen molar-refractivity contribution in [2.75, 3.05) is 12.9 Å². The van der Waals surface area contributed by atoms with Gasteiger partial charge in [-0.1, -0.05) is 23.9 Å². The summed E-state index contributed by atoms with van der Waals surface area (Å²) < 4.78 is 6.48. The van der Waals surface area contributed by atoms with E-state index in [0.29, 0.717) is 10.7 Å². The number of hydrogen-bond acceptors (Lipinski definition) is 8. The molecule has 10 heteroatoms. The number of carbonyl (C=O) groups is 1. The van der Waals surface area contributed by atoms with E-state index in [1.54, 1.807) is 4.68 Å². The predicted molar refractivity (Wildman–Crippen MR) is 101 cm³/mol. The summed E-state index contributed by atoms with van der Waals surface area (Å²) in [4.78, 5) is 19.7. The highest BCUT2D eigenvalue weighted by Gasteiger charge is 2.24. The van der Waals surface area contributed by atoms with Crippen molar-refractivity contribution in [3.63, 3.8) is 0 Å². The van der Waals surface area contributed by atoms with Gasteiger partial charge in [0.2, 0.25) is 5.16 Å². The zero-order chi connectivity index (χ0) is 19.6. The Morgan fingerprint density at radius 2 is 2.07 bits per heavy atom. The molecule has 0 atom stereocenters. The molecule has 2 N–H and O–H groups in total. The van der Waals surface area contributed by atoms with E-state index in [1.165, 1.54) is 18.9 Å². The summed E-state index contributed by atoms with van der Waals surface area (Å²) in [5, 5.41) is 22.8. The van der Waals surface area contributed by atoms with Gasteiger partial charge in [0.15, 0.2) is 0 Å². The van der Waals surface area contributed by atoms with Crippen LogP contribution in [0.5, 0.6) is 0 Å². The number of aliphatic hydroxyl groups is 1. The minimum Gasteiger partial charge on any atom is -0.510 e. The van der Waals surface area contributed by atoms with Gasteiger partial charge in [0.1, 0.15) is 17.2 Å². The molecule has 0 amide bonds. The number of carbonyl (C=O) groups excluding carboxylic acids is 1. The summed E-state index contributed by atoms with van der Waals surface area (Å²) in [5.41, 5.74) is 1.11. The molecular weight excluding hydrogens is 368 g/mol. The van der Waals surface area contributed by atoms with Crippen molar-refractivity contribution in [2.24, 2.45) is 0 Å². The number of methoxy groups -OCH3 is 1. The maximum atomic E-state index is 12.3. The fourth-order valence-corrected chi connectivity index (χ4v) is 3.36. The van der Waals surface area contributed by atoms with E-state index in [4.69, 9.17) is 4.74 Å². The van der Waals surface area contributed by atoms with Crippen molar-refractivity contribution in [1.29, 1.82) is 0 Å². The highest BCUT2D eigenvalue weighted by Crippen LogP contribution is 2.26. The Hall–Kier alpha value is -2.88. The first-order valence-corrected chi connectivity index (χ1v) is 9.17. The number of aromatic nitrogens is 6. The molecule has 2 aromatic heterocycles. The lowest BCUT2D eigenvalue weighted by atomic mass is 10.1. The third-order valence-electron chi connectivity index (χ3n) is 3.72. The largest absolute Gasteiger partial charge is 0.510 e. The Morgan fingerprint density at radius 3 is 2.74 bits per heavy atom. The Labute approximate surface area is 159 Å². The number of nitrogens with zero attached hydrogens (tertiary/aromatic N) is 5. The molecule has 0 aliphatic heterocycles. The molecule has 1 aromatic carbocycles. The molecule has 0 aliphatic rings. The maximum absolute atomic E-state index is 12.3. The monoisotopic (exact) mass is 388 g/mol. The summed E-state index contributed by atoms with van der Waals surface area (Å²) >= 11 is 1.22. The summed E-state index contributed by atoms with van der Waals surface area (Å²) in [5.74, 6) is -0.522. The number of thioether (sulfide) groups is 1. The van der Waals surface area contributed by atoms with Gasteiger partial charge in [-0.05, 0) is 43.3 Å². The van der Waals surface area contributed by atoms with E-state index >= 15 is 0 Å². The van der Waals surface area contributed by atoms with Crippen LogP contribution in [0.25, 0.3) is 16.6 Å². The Morgan fingerprint density at radius 1 is 1.33 bits per heavy atom. The second-order valence-corrected chi connectivity index (χ2v) is 7.69. The lowest BCUT2D eigenvalue weighted by Crippen LogP contribution is -2.24. The zero-order valence-corrected chi connectivity index (χ0v) is 16.2. The molecule has 0 spiro atoms. The van der Waals surface area contributed by atoms with Crippen LogP contribution in [0, 0.1) is 0 Å². The minimum absolute atomic E-state index is 0.0176. The van der Waals surface area contributed by atoms with Crippen LogP contribution < -0.4 is 0 Å². The van der Waals surface area contributed by atoms with E-state index in [2.05, 4.69) is 25.5 Å². The van der Waals surface area contributed by atoms with Crippen LogP contribution in [0.2, 0.25) is 0 Å². The number of aliphatic hydroxyl groups excluding tert-OH is 1. The van der Waals surface area contributed by atoms with Crippen LogP contribution in [0.1, 0.15) is 26.6 Å². The van der Waals surface area contributed by atoms with Gasteiger partial charge in [-0.2, -0.15) is 0 Å². The highest BCUT2D eigenvalue weighted by atomic mass is 32.2. The molecule has 0 fully saturated rings. The smallest absolute Gasteiger partial charge is 0.345 e. The quantitative estimate of drug-likeness (QED) is 0.296. The number of rotatable bonds is 5. The molecule has 142 valence electrons. The maximum Gasteiger partial charge on any atom is 0.345 e. The molecule has 0 radical (unpaired) electrons. The van der Waals surface area contributed by atoms with Gasteiger partial charge in [0.25, 0.3) is 0 Å². The molecule has 2 heterocycles. The third kappa shape index (κ3) is 3.95. The number of H-pyrrole nitrogens is 1. The minimum atomic E-state index is -0.678. The molecule has 0 saturated carbocycles. The van der Waals surface area contributed by atoms with Gasteiger partial charge in [0.05, 0.1) is 29.4 Å². The summed E-state index contributed by atoms with van der Waals surface area (Å²) in [7, 11) is 1.26. The number of fused-ring (bicyclic) bond motifs is 1. The number of nitrogens with one attached hydrogen (secondary N) is 1. The standard InChI is InChI=1S/C17H20N6O3S/c1-17(2,3)23-16(20-21-22-23)27-9-12(24)13(15(25)26-4)14-18-10-7-5-6-8-11(10)19-14/h5-8,24H,9H2,1-4H3,(H,18,19)/b13-12+. The van der Waals surface area contributed by atoms with Crippen LogP contribution in [0.3, 0.4) is 0 Å². The molecule has 3 rings (SSSR count). The number of ether oxygens (including phenoxy) is 1. The van der Waals surface area contributed by atoms with Crippen LogP contribution in [0.4, 0.5) is 0 Å². The Bertz CT molecular complexity index is 968. The van der Waals surface area contributed by atoms with Crippen molar-refractivity contribution in [1.82, 2.24) is 30.2 Å². The summed E-state index contributed by atoms with van der Waals surface area (Å²) in [6.07, 6.45) is 0. The van der Waals surface area contributed by atoms with E-state index in [1.807, 2.05) is 45.0 Å². The summed E-state index contributed by atoms with van der Waals surface area (Å²) in [6, 6.07) is 7.35. The second kappa shape index (κ2) is 7.39. The van der Waals surface area contributed by atoms with Crippen molar-refractivity contribution >= 4 is 34.3 Å². The van der Waals surface area contributed by atoms with Crippen LogP contribution in [0.15, 0.2) is 35.2 Å². The number of tetrazole rings is 1. The number of aromatic amines is 1. The van der Waals surface area contributed by atoms with Crippen molar-refractivity contribution in [2.45, 2.75) is 31.5 Å². The SMILES string of the molecule is COC(=O)/C(=C(/O)CSc1nnnn1C(C)(C)C)c1nc2ccccc2[nH]1. The van der Waals surface area contributed by atoms with Crippen LogP contribution in [-0.2, 0) is 15.1 Å². The van der Waals surface area contributed by atoms with Crippen LogP contribution >= 0.6 is 11.8 Å². The fraction of sp³-hybridized carbons (Fsp3) is 0.353. The molecular formula is C17H20N6O3S. The molecule has 9 nitrogen and oxygen atoms in total. The first-order chi connectivity index (χ1) is 12.8. The average molecular weight is 388 g/mol. The second-order valence-electron chi connectivity index (χ2n) is 6.75. The van der Waals surface area contributed by atoms with E-state index < -0.39 is 5.97 Å². The molecule has 0 aliphatic carbocycles. The molecule has 0 saturated heterocycles. The fourth-order valence-electron chi connectivity index (χ4n) is 2.42. The highest BCUT2D eigenvalue weighted by molar-refractivity contribution is 7.99. The van der Waals surface area contributed by atoms with Gasteiger partial charge in [-0.15, -0.1) is 5.10 Å². The van der Waals surface area contributed by atoms with Crippen molar-refractivity contribution in [3.8, 4) is 0 Å². The molecule has 3 aromatic rings. The van der Waals surface area contributed by atoms with Crippen LogP contribution in [-0.4, -0.2) is 54.1 Å². The van der Waals surface area contributed by atoms with Crippen molar-refractivity contribution < 1.29 is 14.6 Å². The zero-order valence-electron chi connectivity index (χ0n) is 15.4. The van der Waals surface area contributed by atoms with Gasteiger partial charge < -0.3 is 14.8 Å². The Balaban J connectivity index is 1.93. The normalized spacial score (nSPS) is 12.9. The van der Waals surface area contributed by atoms with E-state index in [9.17, 15) is 9.90 Å². The third-order valence-corrected chi connectivity index (χ3v) is 4.65. The predicted octanol–water partition coefficient (Wildman–Crippen LogP) is 2.54. The topological polar surface area (TPSA) is 119 Å². The van der Waals surface area contributed by atoms with Gasteiger partial charge >= 0.3 is 5.97 Å². The Kier molecular flexibility index (Phi) is 5.17. The number of hydrogen-bond donors (Lipinski definition) is 2. The number of imidazole rings is 1. The van der Waals surface area contributed by atoms with E-state index in [-0.39, 0.29) is 28.4 Å². The number of benzene rings is 1. The molecule has 0 unspecified atom stereocenters. The summed E-state index contributed by atoms with van der Waals surface area (Å²) in [6.45, 7) is 5.91. The molecule has 0 bridgehead atoms. The van der Waals surface area contributed by atoms with Gasteiger partial charge in [0, 0.05) is 0 Å². The lowest BCUT2D eigenvalue weighted by Gasteiger charge is -2.19. The van der Waals surface area contributed by atoms with E-state index in [0.717, 1.165) is 5.52 Å². The lowest BCUT2D eigenvalue weighted by molar-refractivity contribution is -0.133. The van der Waals surface area contributed by atoms with Gasteiger partial charge in [-0.3, -0.25) is 0 Å². The first kappa shape index (κ1) is 18.9. The first-order valence-electron chi connectivity index (χ1n) is 8.18. The number of esters is 1.